The highest BCUT2D eigenvalue weighted by molar-refractivity contribution is 5.49. The van der Waals surface area contributed by atoms with Gasteiger partial charge in [-0.3, -0.25) is 0 Å². The van der Waals surface area contributed by atoms with E-state index in [-0.39, 0.29) is 6.10 Å². The Morgan fingerprint density at radius 2 is 1.55 bits per heavy atom. The number of rotatable bonds is 2. The van der Waals surface area contributed by atoms with Crippen LogP contribution in [0.15, 0.2) is 6.07 Å². The van der Waals surface area contributed by atoms with Crippen LogP contribution in [0.2, 0.25) is 0 Å². The molecule has 0 radical (unpaired) electrons. The zero-order valence-electron chi connectivity index (χ0n) is 13.2. The Hall–Kier alpha value is -0.820. The van der Waals surface area contributed by atoms with E-state index in [0.717, 1.165) is 18.3 Å². The van der Waals surface area contributed by atoms with Crippen LogP contribution in [0.5, 0.6) is 0 Å². The molecule has 2 aliphatic carbocycles. The van der Waals surface area contributed by atoms with E-state index in [2.05, 4.69) is 19.9 Å². The van der Waals surface area contributed by atoms with Gasteiger partial charge >= 0.3 is 0 Å². The molecule has 3 atom stereocenters. The Morgan fingerprint density at radius 3 is 2.00 bits per heavy atom. The van der Waals surface area contributed by atoms with Crippen molar-refractivity contribution in [2.45, 2.75) is 71.8 Å². The van der Waals surface area contributed by atoms with Crippen LogP contribution in [0.4, 0.5) is 0 Å². The Morgan fingerprint density at radius 1 is 1.05 bits per heavy atom. The maximum atomic E-state index is 9.91. The summed E-state index contributed by atoms with van der Waals surface area (Å²) in [6, 6.07) is 2.52. The fourth-order valence-electron chi connectivity index (χ4n) is 4.22. The van der Waals surface area contributed by atoms with Crippen LogP contribution in [-0.2, 0) is 32.1 Å². The molecule has 1 nitrogen and oxygen atoms in total. The standard InChI is InChI=1S/C19H28O/c1-12-4-6-17-15(8-12)11-16-9-13(2)5-7-18(16)19(17)10-14(3)20/h11-14,20H,4-10H2,1-3H3. The van der Waals surface area contributed by atoms with Gasteiger partial charge in [0.15, 0.2) is 0 Å². The van der Waals surface area contributed by atoms with Gasteiger partial charge in [-0.05, 0) is 91.5 Å². The Bertz CT molecular complexity index is 463. The maximum absolute atomic E-state index is 9.91. The van der Waals surface area contributed by atoms with Crippen LogP contribution in [0.25, 0.3) is 0 Å². The highest BCUT2D eigenvalue weighted by atomic mass is 16.3. The van der Waals surface area contributed by atoms with Crippen LogP contribution >= 0.6 is 0 Å². The summed E-state index contributed by atoms with van der Waals surface area (Å²) in [5, 5.41) is 9.91. The molecule has 0 heterocycles. The molecule has 0 bridgehead atoms. The number of aliphatic hydroxyl groups excluding tert-OH is 1. The molecule has 1 aromatic carbocycles. The summed E-state index contributed by atoms with van der Waals surface area (Å²) in [5.41, 5.74) is 7.89. The van der Waals surface area contributed by atoms with Gasteiger partial charge in [-0.1, -0.05) is 19.9 Å². The van der Waals surface area contributed by atoms with Gasteiger partial charge in [0.25, 0.3) is 0 Å². The molecule has 1 aromatic rings. The third kappa shape index (κ3) is 2.65. The van der Waals surface area contributed by atoms with E-state index < -0.39 is 0 Å². The first kappa shape index (κ1) is 14.1. The zero-order valence-corrected chi connectivity index (χ0v) is 13.2. The fourth-order valence-corrected chi connectivity index (χ4v) is 4.22. The lowest BCUT2D eigenvalue weighted by Gasteiger charge is -2.31. The fraction of sp³-hybridized carbons (Fsp3) is 0.684. The largest absolute Gasteiger partial charge is 0.393 e. The summed E-state index contributed by atoms with van der Waals surface area (Å²) in [4.78, 5) is 0. The Kier molecular flexibility index (Phi) is 3.90. The quantitative estimate of drug-likeness (QED) is 0.867. The molecule has 110 valence electrons. The molecule has 0 saturated heterocycles. The summed E-state index contributed by atoms with van der Waals surface area (Å²) in [7, 11) is 0. The smallest absolute Gasteiger partial charge is 0.0552 e. The van der Waals surface area contributed by atoms with Gasteiger partial charge in [0.2, 0.25) is 0 Å². The molecule has 3 rings (SSSR count). The topological polar surface area (TPSA) is 20.2 Å². The van der Waals surface area contributed by atoms with Crippen molar-refractivity contribution >= 4 is 0 Å². The van der Waals surface area contributed by atoms with Crippen molar-refractivity contribution in [1.29, 1.82) is 0 Å². The van der Waals surface area contributed by atoms with Crippen LogP contribution < -0.4 is 0 Å². The van der Waals surface area contributed by atoms with Crippen molar-refractivity contribution < 1.29 is 5.11 Å². The number of aliphatic hydroxyl groups is 1. The van der Waals surface area contributed by atoms with Crippen LogP contribution in [0, 0.1) is 11.8 Å². The second kappa shape index (κ2) is 5.52. The van der Waals surface area contributed by atoms with Crippen molar-refractivity contribution in [2.75, 3.05) is 0 Å². The van der Waals surface area contributed by atoms with Crippen molar-refractivity contribution in [2.24, 2.45) is 11.8 Å². The average molecular weight is 272 g/mol. The summed E-state index contributed by atoms with van der Waals surface area (Å²) >= 11 is 0. The SMILES string of the molecule is CC(O)Cc1c2c(cc3c1CCC(C)C3)CC(C)CC2. The Balaban J connectivity index is 2.09. The molecule has 2 aliphatic rings. The van der Waals surface area contributed by atoms with E-state index in [4.69, 9.17) is 0 Å². The van der Waals surface area contributed by atoms with E-state index in [1.165, 1.54) is 44.1 Å². The molecule has 0 saturated carbocycles. The van der Waals surface area contributed by atoms with E-state index in [1.807, 2.05) is 6.92 Å². The molecule has 0 spiro atoms. The van der Waals surface area contributed by atoms with Gasteiger partial charge in [0, 0.05) is 0 Å². The van der Waals surface area contributed by atoms with Crippen molar-refractivity contribution in [3.05, 3.63) is 33.9 Å². The molecular weight excluding hydrogens is 244 g/mol. The van der Waals surface area contributed by atoms with E-state index >= 15 is 0 Å². The number of benzene rings is 1. The van der Waals surface area contributed by atoms with Gasteiger partial charge in [-0.15, -0.1) is 0 Å². The van der Waals surface area contributed by atoms with Crippen molar-refractivity contribution in [3.8, 4) is 0 Å². The van der Waals surface area contributed by atoms with Crippen LogP contribution in [-0.4, -0.2) is 11.2 Å². The molecule has 0 aliphatic heterocycles. The van der Waals surface area contributed by atoms with Crippen molar-refractivity contribution in [3.63, 3.8) is 0 Å². The number of hydrogen-bond donors (Lipinski definition) is 1. The van der Waals surface area contributed by atoms with Gasteiger partial charge in [0.1, 0.15) is 0 Å². The third-order valence-corrected chi connectivity index (χ3v) is 5.26. The second-order valence-corrected chi connectivity index (χ2v) is 7.38. The molecule has 0 amide bonds. The molecule has 1 N–H and O–H groups in total. The molecule has 20 heavy (non-hydrogen) atoms. The normalized spacial score (nSPS) is 26.8. The second-order valence-electron chi connectivity index (χ2n) is 7.38. The van der Waals surface area contributed by atoms with E-state index in [9.17, 15) is 5.11 Å². The lowest BCUT2D eigenvalue weighted by molar-refractivity contribution is 0.194. The third-order valence-electron chi connectivity index (χ3n) is 5.26. The lowest BCUT2D eigenvalue weighted by atomic mass is 9.74. The monoisotopic (exact) mass is 272 g/mol. The van der Waals surface area contributed by atoms with Crippen LogP contribution in [0.3, 0.4) is 0 Å². The summed E-state index contributed by atoms with van der Waals surface area (Å²) in [6.45, 7) is 6.68. The minimum Gasteiger partial charge on any atom is -0.393 e. The highest BCUT2D eigenvalue weighted by Gasteiger charge is 2.26. The highest BCUT2D eigenvalue weighted by Crippen LogP contribution is 2.37. The minimum absolute atomic E-state index is 0.218. The van der Waals surface area contributed by atoms with Gasteiger partial charge < -0.3 is 5.11 Å². The Labute approximate surface area is 123 Å². The molecule has 0 fully saturated rings. The van der Waals surface area contributed by atoms with Gasteiger partial charge in [-0.2, -0.15) is 0 Å². The minimum atomic E-state index is -0.218. The van der Waals surface area contributed by atoms with E-state index in [1.54, 1.807) is 22.3 Å². The molecule has 1 heteroatoms. The molecular formula is C19H28O. The molecule has 3 unspecified atom stereocenters. The lowest BCUT2D eigenvalue weighted by Crippen LogP contribution is -2.22. The number of hydrogen-bond acceptors (Lipinski definition) is 1. The van der Waals surface area contributed by atoms with Crippen molar-refractivity contribution in [1.82, 2.24) is 0 Å². The predicted octanol–water partition coefficient (Wildman–Crippen LogP) is 3.86. The van der Waals surface area contributed by atoms with Gasteiger partial charge in [-0.25, -0.2) is 0 Å². The van der Waals surface area contributed by atoms with Crippen LogP contribution in [0.1, 0.15) is 61.4 Å². The first-order valence-electron chi connectivity index (χ1n) is 8.38. The summed E-state index contributed by atoms with van der Waals surface area (Å²) in [6.07, 6.45) is 8.19. The zero-order chi connectivity index (χ0) is 14.3. The molecule has 0 aromatic heterocycles. The maximum Gasteiger partial charge on any atom is 0.0552 e. The van der Waals surface area contributed by atoms with Gasteiger partial charge in [0.05, 0.1) is 6.10 Å². The number of fused-ring (bicyclic) bond motifs is 2. The first-order valence-corrected chi connectivity index (χ1v) is 8.38. The first-order chi connectivity index (χ1) is 9.54. The summed E-state index contributed by atoms with van der Waals surface area (Å²) < 4.78 is 0. The summed E-state index contributed by atoms with van der Waals surface area (Å²) in [5.74, 6) is 1.64. The average Bonchev–Trinajstić information content (AvgIpc) is 2.37. The van der Waals surface area contributed by atoms with E-state index in [0.29, 0.717) is 0 Å². The predicted molar refractivity (Wildman–Crippen MR) is 84.2 cm³/mol.